The number of esters is 1. The highest BCUT2D eigenvalue weighted by atomic mass is 32.1. The van der Waals surface area contributed by atoms with Crippen molar-refractivity contribution in [2.45, 2.75) is 163 Å². The lowest BCUT2D eigenvalue weighted by atomic mass is 9.81. The first-order valence-corrected chi connectivity index (χ1v) is 22.8. The Morgan fingerprint density at radius 2 is 1.16 bits per heavy atom. The maximum Gasteiger partial charge on any atom is 0.407 e. The van der Waals surface area contributed by atoms with E-state index in [1.165, 1.54) is 29.8 Å². The fourth-order valence-electron chi connectivity index (χ4n) is 7.88. The maximum atomic E-state index is 12.8. The van der Waals surface area contributed by atoms with Crippen molar-refractivity contribution in [1.29, 1.82) is 0 Å². The average Bonchev–Trinajstić information content (AvgIpc) is 3.74. The zero-order valence-electron chi connectivity index (χ0n) is 37.5. The van der Waals surface area contributed by atoms with Crippen molar-refractivity contribution in [2.24, 2.45) is 11.8 Å². The van der Waals surface area contributed by atoms with E-state index < -0.39 is 35.6 Å². The molecule has 3 aromatic rings. The Balaban J connectivity index is 0.000000281. The van der Waals surface area contributed by atoms with Crippen molar-refractivity contribution in [2.75, 3.05) is 7.11 Å². The molecule has 14 nitrogen and oxygen atoms in total. The number of aryl methyl sites for hydroxylation is 2. The molecule has 0 spiro atoms. The second-order valence-corrected chi connectivity index (χ2v) is 20.1. The van der Waals surface area contributed by atoms with Crippen LogP contribution in [0.5, 0.6) is 0 Å². The molecule has 338 valence electrons. The van der Waals surface area contributed by atoms with Gasteiger partial charge in [-0.05, 0) is 155 Å². The lowest BCUT2D eigenvalue weighted by Gasteiger charge is -2.32. The number of pyridine rings is 1. The van der Waals surface area contributed by atoms with Gasteiger partial charge in [0.2, 0.25) is 0 Å². The van der Waals surface area contributed by atoms with Gasteiger partial charge < -0.3 is 45.4 Å². The molecule has 3 heterocycles. The number of amides is 3. The molecule has 61 heavy (non-hydrogen) atoms. The summed E-state index contributed by atoms with van der Waals surface area (Å²) in [4.78, 5) is 65.1. The van der Waals surface area contributed by atoms with Crippen LogP contribution in [0.4, 0.5) is 9.59 Å². The Bertz CT molecular complexity index is 2040. The molecular weight excluding hydrogens is 821 g/mol. The van der Waals surface area contributed by atoms with Crippen LogP contribution >= 0.6 is 22.7 Å². The van der Waals surface area contributed by atoms with Gasteiger partial charge in [-0.3, -0.25) is 9.59 Å². The van der Waals surface area contributed by atoms with E-state index in [9.17, 15) is 34.2 Å². The Morgan fingerprint density at radius 3 is 1.57 bits per heavy atom. The summed E-state index contributed by atoms with van der Waals surface area (Å²) in [6, 6.07) is 1.99. The number of ether oxygens (including phenoxy) is 3. The highest BCUT2D eigenvalue weighted by Crippen LogP contribution is 2.40. The summed E-state index contributed by atoms with van der Waals surface area (Å²) in [5, 5.41) is 34.0. The van der Waals surface area contributed by atoms with Gasteiger partial charge in [-0.15, -0.1) is 22.7 Å². The normalized spacial score (nSPS) is 20.3. The largest absolute Gasteiger partial charge is 0.465 e. The number of hydrogen-bond donors (Lipinski definition) is 6. The Morgan fingerprint density at radius 1 is 0.738 bits per heavy atom. The van der Waals surface area contributed by atoms with Crippen LogP contribution in [-0.4, -0.2) is 69.7 Å². The second-order valence-electron chi connectivity index (χ2n) is 18.3. The first-order valence-electron chi connectivity index (χ1n) is 21.0. The van der Waals surface area contributed by atoms with Gasteiger partial charge in [-0.25, -0.2) is 14.4 Å². The molecule has 2 aliphatic carbocycles. The minimum Gasteiger partial charge on any atom is -0.465 e. The number of methoxy groups -OCH3 is 1. The number of aromatic nitrogens is 1. The number of aromatic amines is 1. The smallest absolute Gasteiger partial charge is 0.407 e. The molecule has 2 fully saturated rings. The second kappa shape index (κ2) is 21.2. The summed E-state index contributed by atoms with van der Waals surface area (Å²) in [5.74, 6) is -0.451. The van der Waals surface area contributed by atoms with E-state index in [1.54, 1.807) is 10.8 Å². The number of thiophene rings is 2. The van der Waals surface area contributed by atoms with E-state index in [0.717, 1.165) is 83.5 Å². The van der Waals surface area contributed by atoms with Crippen molar-refractivity contribution in [3.8, 4) is 0 Å². The molecule has 3 aromatic heterocycles. The quantitative estimate of drug-likeness (QED) is 0.0848. The topological polar surface area (TPSA) is 205 Å². The van der Waals surface area contributed by atoms with Gasteiger partial charge in [-0.1, -0.05) is 0 Å². The van der Waals surface area contributed by atoms with E-state index >= 15 is 0 Å². The number of H-pyrrole nitrogens is 1. The van der Waals surface area contributed by atoms with Crippen molar-refractivity contribution in [3.63, 3.8) is 0 Å². The predicted molar refractivity (Wildman–Crippen MR) is 237 cm³/mol. The monoisotopic (exact) mass is 886 g/mol. The highest BCUT2D eigenvalue weighted by molar-refractivity contribution is 7.10. The molecular formula is C45H66N4O10S2. The summed E-state index contributed by atoms with van der Waals surface area (Å²) in [6.45, 7) is 18.5. The number of alkyl carbamates (subject to hydrolysis) is 2. The van der Waals surface area contributed by atoms with Crippen molar-refractivity contribution >= 4 is 46.7 Å². The summed E-state index contributed by atoms with van der Waals surface area (Å²) < 4.78 is 15.4. The summed E-state index contributed by atoms with van der Waals surface area (Å²) in [7, 11) is 1.36. The number of carbonyl (C=O) groups is 4. The van der Waals surface area contributed by atoms with E-state index in [4.69, 9.17) is 14.2 Å². The van der Waals surface area contributed by atoms with Gasteiger partial charge >= 0.3 is 18.2 Å². The lowest BCUT2D eigenvalue weighted by Crippen LogP contribution is -2.41. The van der Waals surface area contributed by atoms with Crippen molar-refractivity contribution in [1.82, 2.24) is 20.9 Å². The third kappa shape index (κ3) is 14.1. The fraction of sp³-hybridized carbons (Fsp3) is 0.622. The van der Waals surface area contributed by atoms with Crippen LogP contribution in [0.2, 0.25) is 0 Å². The number of aliphatic hydroxyl groups is 2. The van der Waals surface area contributed by atoms with Gasteiger partial charge in [-0.2, -0.15) is 0 Å². The van der Waals surface area contributed by atoms with E-state index in [-0.39, 0.29) is 47.9 Å². The number of aliphatic hydroxyl groups excluding tert-OH is 2. The fourth-order valence-corrected chi connectivity index (χ4v) is 10.2. The number of hydrogen-bond acceptors (Lipinski definition) is 12. The standard InChI is InChI=1S/C26H37N3O5S.C19H29NO5S/c1-14-11-15(2)28-24(32)19(14)12-27-23(31)20-13-35-22(16(20)3)21(30)17-7-9-18(10-8-17)29-25(33)34-26(4,5)6;1-11-14(17(22)24-5)10-26-16(11)15(21)12-6-8-13(9-7-12)20-18(23)25-19(2,3)4/h11,13,17-18,21,30H,7-10,12H2,1-6H3,(H,27,31)(H,28,32)(H,29,33);10,12-13,15,21H,6-9H2,1-5H3,(H,20,23). The molecule has 0 saturated heterocycles. The number of carbonyl (C=O) groups excluding carboxylic acids is 4. The van der Waals surface area contributed by atoms with Crippen LogP contribution in [0.15, 0.2) is 21.6 Å². The Kier molecular flexibility index (Phi) is 17.2. The molecule has 2 aliphatic rings. The number of rotatable bonds is 10. The van der Waals surface area contributed by atoms with Crippen LogP contribution in [0, 0.1) is 39.5 Å². The van der Waals surface area contributed by atoms with Gasteiger partial charge in [0.15, 0.2) is 0 Å². The molecule has 5 rings (SSSR count). The molecule has 0 aliphatic heterocycles. The summed E-state index contributed by atoms with van der Waals surface area (Å²) in [6.07, 6.45) is 4.25. The molecule has 2 atom stereocenters. The molecule has 6 N–H and O–H groups in total. The first kappa shape index (κ1) is 49.4. The van der Waals surface area contributed by atoms with Crippen LogP contribution in [0.3, 0.4) is 0 Å². The molecule has 0 bridgehead atoms. The molecule has 2 saturated carbocycles. The molecule has 2 unspecified atom stereocenters. The molecule has 0 aromatic carbocycles. The third-order valence-corrected chi connectivity index (χ3v) is 13.5. The minimum atomic E-state index is -0.661. The SMILES string of the molecule is COC(=O)c1csc(C(O)C2CCC(NC(=O)OC(C)(C)C)CC2)c1C.Cc1cc(C)c(CNC(=O)c2csc(C(O)C3CCC(NC(=O)OC(C)(C)C)CC3)c2C)c(=O)[nH]1. The zero-order valence-corrected chi connectivity index (χ0v) is 39.2. The highest BCUT2D eigenvalue weighted by Gasteiger charge is 2.33. The zero-order chi connectivity index (χ0) is 45.4. The van der Waals surface area contributed by atoms with Gasteiger partial charge in [0.1, 0.15) is 11.2 Å². The summed E-state index contributed by atoms with van der Waals surface area (Å²) >= 11 is 2.78. The average molecular weight is 887 g/mol. The van der Waals surface area contributed by atoms with Crippen LogP contribution in [0.1, 0.15) is 164 Å². The van der Waals surface area contributed by atoms with Gasteiger partial charge in [0, 0.05) is 50.4 Å². The lowest BCUT2D eigenvalue weighted by molar-refractivity contribution is 0.0438. The van der Waals surface area contributed by atoms with E-state index in [1.807, 2.05) is 75.3 Å². The van der Waals surface area contributed by atoms with Gasteiger partial charge in [0.05, 0.1) is 30.4 Å². The van der Waals surface area contributed by atoms with E-state index in [2.05, 4.69) is 20.9 Å². The first-order chi connectivity index (χ1) is 28.5. The van der Waals surface area contributed by atoms with Crippen LogP contribution in [-0.2, 0) is 20.8 Å². The van der Waals surface area contributed by atoms with Crippen LogP contribution < -0.4 is 21.5 Å². The summed E-state index contributed by atoms with van der Waals surface area (Å²) in [5.41, 5.74) is 3.51. The minimum absolute atomic E-state index is 0.0347. The molecule has 16 heteroatoms. The Labute approximate surface area is 367 Å². The van der Waals surface area contributed by atoms with Crippen molar-refractivity contribution in [3.05, 3.63) is 76.0 Å². The van der Waals surface area contributed by atoms with Gasteiger partial charge in [0.25, 0.3) is 11.5 Å². The van der Waals surface area contributed by atoms with E-state index in [0.29, 0.717) is 16.7 Å². The Hall–Kier alpha value is -4.25. The third-order valence-electron chi connectivity index (χ3n) is 11.1. The molecule has 0 radical (unpaired) electrons. The van der Waals surface area contributed by atoms with Crippen molar-refractivity contribution < 1.29 is 43.6 Å². The molecule has 3 amide bonds. The predicted octanol–water partition coefficient (Wildman–Crippen LogP) is 8.37. The van der Waals surface area contributed by atoms with Crippen LogP contribution in [0.25, 0.3) is 0 Å². The number of nitrogens with one attached hydrogen (secondary N) is 4. The maximum absolute atomic E-state index is 12.8.